The molecule has 0 saturated carbocycles. The van der Waals surface area contributed by atoms with Crippen LogP contribution in [0.4, 0.5) is 5.69 Å². The number of aromatic nitrogens is 2. The van der Waals surface area contributed by atoms with Crippen molar-refractivity contribution in [3.8, 4) is 10.7 Å². The zero-order valence-electron chi connectivity index (χ0n) is 16.6. The summed E-state index contributed by atoms with van der Waals surface area (Å²) in [6, 6.07) is 8.09. The first-order chi connectivity index (χ1) is 14.2. The molecule has 0 aliphatic carbocycles. The number of anilines is 1. The Morgan fingerprint density at radius 1 is 1.23 bits per heavy atom. The van der Waals surface area contributed by atoms with Gasteiger partial charge in [0.2, 0.25) is 0 Å². The predicted octanol–water partition coefficient (Wildman–Crippen LogP) is 4.15. The lowest BCUT2D eigenvalue weighted by atomic mass is 10.3. The summed E-state index contributed by atoms with van der Waals surface area (Å²) in [5.41, 5.74) is 1.68. The van der Waals surface area contributed by atoms with Gasteiger partial charge in [0.1, 0.15) is 14.8 Å². The highest BCUT2D eigenvalue weighted by Gasteiger charge is 2.26. The number of halogens is 1. The lowest BCUT2D eigenvalue weighted by Crippen LogP contribution is -2.27. The molecule has 0 radical (unpaired) electrons. The maximum atomic E-state index is 12.8. The molecule has 0 bridgehead atoms. The van der Waals surface area contributed by atoms with Gasteiger partial charge in [-0.15, -0.1) is 11.3 Å². The molecule has 10 heteroatoms. The fraction of sp³-hybridized carbons (Fsp3) is 0.300. The van der Waals surface area contributed by atoms with Crippen molar-refractivity contribution in [3.63, 3.8) is 0 Å². The molecule has 1 aliphatic rings. The number of aryl methyl sites for hydroxylation is 2. The number of nitrogens with zero attached hydrogens (tertiary/aromatic N) is 3. The quantitative estimate of drug-likeness (QED) is 0.614. The Hall–Kier alpha value is -2.36. The van der Waals surface area contributed by atoms with Crippen LogP contribution >= 0.6 is 22.9 Å². The lowest BCUT2D eigenvalue weighted by molar-refractivity contribution is 0.0796. The molecule has 0 atom stereocenters. The van der Waals surface area contributed by atoms with Gasteiger partial charge in [-0.1, -0.05) is 17.7 Å². The van der Waals surface area contributed by atoms with E-state index in [2.05, 4.69) is 9.71 Å². The minimum absolute atomic E-state index is 0.00146. The summed E-state index contributed by atoms with van der Waals surface area (Å²) < 4.78 is 29.9. The normalized spacial score (nSPS) is 14.3. The Labute approximate surface area is 184 Å². The fourth-order valence-corrected chi connectivity index (χ4v) is 5.83. The molecule has 3 aromatic rings. The molecule has 1 aliphatic heterocycles. The van der Waals surface area contributed by atoms with Gasteiger partial charge in [-0.3, -0.25) is 9.52 Å². The van der Waals surface area contributed by atoms with Crippen molar-refractivity contribution >= 4 is 44.6 Å². The van der Waals surface area contributed by atoms with Crippen molar-refractivity contribution in [2.45, 2.75) is 24.7 Å². The third-order valence-corrected chi connectivity index (χ3v) is 7.72. The van der Waals surface area contributed by atoms with Crippen molar-refractivity contribution in [2.24, 2.45) is 7.05 Å². The largest absolute Gasteiger partial charge is 0.347 e. The number of hydrogen-bond acceptors (Lipinski definition) is 5. The smallest absolute Gasteiger partial charge is 0.265 e. The number of carbonyl (C=O) groups is 1. The summed E-state index contributed by atoms with van der Waals surface area (Å²) in [5.74, 6) is -0.00146. The number of sulfonamides is 1. The van der Waals surface area contributed by atoms with Crippen molar-refractivity contribution in [3.05, 3.63) is 52.1 Å². The topological polar surface area (TPSA) is 84.3 Å². The maximum Gasteiger partial charge on any atom is 0.265 e. The van der Waals surface area contributed by atoms with E-state index in [0.717, 1.165) is 25.9 Å². The highest BCUT2D eigenvalue weighted by Crippen LogP contribution is 2.32. The number of benzene rings is 1. The van der Waals surface area contributed by atoms with Crippen LogP contribution in [0.1, 0.15) is 28.2 Å². The first kappa shape index (κ1) is 20.9. The van der Waals surface area contributed by atoms with Gasteiger partial charge in [0.15, 0.2) is 0 Å². The van der Waals surface area contributed by atoms with Crippen molar-refractivity contribution in [1.29, 1.82) is 0 Å². The van der Waals surface area contributed by atoms with E-state index in [1.807, 2.05) is 11.8 Å². The minimum Gasteiger partial charge on any atom is -0.347 e. The first-order valence-electron chi connectivity index (χ1n) is 9.46. The number of hydrogen-bond donors (Lipinski definition) is 1. The van der Waals surface area contributed by atoms with Gasteiger partial charge in [0.05, 0.1) is 17.1 Å². The van der Waals surface area contributed by atoms with Crippen LogP contribution in [0, 0.1) is 6.92 Å². The number of nitrogens with one attached hydrogen (secondary N) is 1. The molecule has 1 aromatic carbocycles. The number of carbonyl (C=O) groups excluding carboxylic acids is 1. The molecule has 2 aromatic heterocycles. The second kappa shape index (κ2) is 8.05. The summed E-state index contributed by atoms with van der Waals surface area (Å²) in [7, 11) is -2.04. The van der Waals surface area contributed by atoms with E-state index >= 15 is 0 Å². The fourth-order valence-electron chi connectivity index (χ4n) is 3.43. The van der Waals surface area contributed by atoms with Gasteiger partial charge in [0, 0.05) is 31.4 Å². The highest BCUT2D eigenvalue weighted by atomic mass is 35.5. The van der Waals surface area contributed by atoms with E-state index in [1.54, 1.807) is 41.9 Å². The molecule has 1 saturated heterocycles. The second-order valence-corrected chi connectivity index (χ2v) is 10.3. The van der Waals surface area contributed by atoms with Gasteiger partial charge in [-0.25, -0.2) is 13.4 Å². The molecule has 1 N–H and O–H groups in total. The average Bonchev–Trinajstić information content (AvgIpc) is 3.40. The van der Waals surface area contributed by atoms with Crippen LogP contribution in [0.25, 0.3) is 10.7 Å². The molecule has 158 valence electrons. The molecule has 0 unspecified atom stereocenters. The minimum atomic E-state index is -3.80. The standard InChI is InChI=1S/C20H21ClN4O3S2/c1-13-18(20(26)25-8-3-4-9-25)29-19(22-13)17-11-16(12-24(17)2)30(27,28)23-15-7-5-6-14(21)10-15/h5-7,10-12,23H,3-4,8-9H2,1-2H3. The highest BCUT2D eigenvalue weighted by molar-refractivity contribution is 7.92. The van der Waals surface area contributed by atoms with Crippen LogP contribution in [0.3, 0.4) is 0 Å². The predicted molar refractivity (Wildman–Crippen MR) is 119 cm³/mol. The summed E-state index contributed by atoms with van der Waals surface area (Å²) in [4.78, 5) is 19.9. The number of amides is 1. The molecule has 3 heterocycles. The molecular weight excluding hydrogens is 444 g/mol. The summed E-state index contributed by atoms with van der Waals surface area (Å²) in [5, 5.41) is 1.05. The third kappa shape index (κ3) is 4.10. The van der Waals surface area contributed by atoms with Gasteiger partial charge in [-0.2, -0.15) is 0 Å². The van der Waals surface area contributed by atoms with Crippen LogP contribution in [-0.2, 0) is 17.1 Å². The van der Waals surface area contributed by atoms with E-state index in [0.29, 0.717) is 32.0 Å². The van der Waals surface area contributed by atoms with Crippen LogP contribution in [0.5, 0.6) is 0 Å². The average molecular weight is 465 g/mol. The van der Waals surface area contributed by atoms with Crippen LogP contribution in [0.2, 0.25) is 5.02 Å². The van der Waals surface area contributed by atoms with Crippen molar-refractivity contribution in [2.75, 3.05) is 17.8 Å². The van der Waals surface area contributed by atoms with Gasteiger partial charge >= 0.3 is 0 Å². The van der Waals surface area contributed by atoms with Crippen LogP contribution in [0.15, 0.2) is 41.4 Å². The Kier molecular flexibility index (Phi) is 5.61. The second-order valence-electron chi connectivity index (χ2n) is 7.22. The summed E-state index contributed by atoms with van der Waals surface area (Å²) in [6.45, 7) is 3.35. The van der Waals surface area contributed by atoms with E-state index in [4.69, 9.17) is 11.6 Å². The van der Waals surface area contributed by atoms with Gasteiger partial charge in [0.25, 0.3) is 15.9 Å². The van der Waals surface area contributed by atoms with Gasteiger partial charge in [-0.05, 0) is 44.0 Å². The molecule has 30 heavy (non-hydrogen) atoms. The molecule has 1 amide bonds. The Morgan fingerprint density at radius 3 is 2.67 bits per heavy atom. The Balaban J connectivity index is 1.63. The molecule has 1 fully saturated rings. The van der Waals surface area contributed by atoms with E-state index in [9.17, 15) is 13.2 Å². The molecule has 7 nitrogen and oxygen atoms in total. The Bertz CT molecular complexity index is 1210. The molecular formula is C20H21ClN4O3S2. The van der Waals surface area contributed by atoms with Crippen molar-refractivity contribution in [1.82, 2.24) is 14.5 Å². The number of rotatable bonds is 5. The monoisotopic (exact) mass is 464 g/mol. The molecule has 4 rings (SSSR count). The van der Waals surface area contributed by atoms with Crippen molar-refractivity contribution < 1.29 is 13.2 Å². The zero-order chi connectivity index (χ0) is 21.5. The van der Waals surface area contributed by atoms with Crippen LogP contribution < -0.4 is 4.72 Å². The van der Waals surface area contributed by atoms with Gasteiger partial charge < -0.3 is 9.47 Å². The van der Waals surface area contributed by atoms with E-state index in [1.165, 1.54) is 17.5 Å². The van der Waals surface area contributed by atoms with E-state index in [-0.39, 0.29) is 10.8 Å². The maximum absolute atomic E-state index is 12.8. The molecule has 0 spiro atoms. The lowest BCUT2D eigenvalue weighted by Gasteiger charge is -2.13. The Morgan fingerprint density at radius 2 is 1.97 bits per heavy atom. The van der Waals surface area contributed by atoms with Crippen LogP contribution in [-0.4, -0.2) is 41.9 Å². The third-order valence-electron chi connectivity index (χ3n) is 4.97. The zero-order valence-corrected chi connectivity index (χ0v) is 18.9. The number of likely N-dealkylation sites (tertiary alicyclic amines) is 1. The SMILES string of the molecule is Cc1nc(-c2cc(S(=O)(=O)Nc3cccc(Cl)c3)cn2C)sc1C(=O)N1CCCC1. The number of thiazole rings is 1. The van der Waals surface area contributed by atoms with E-state index < -0.39 is 10.0 Å². The summed E-state index contributed by atoms with van der Waals surface area (Å²) >= 11 is 7.24. The summed E-state index contributed by atoms with van der Waals surface area (Å²) in [6.07, 6.45) is 3.57. The first-order valence-corrected chi connectivity index (χ1v) is 12.1.